The summed E-state index contributed by atoms with van der Waals surface area (Å²) < 4.78 is 4.35. The number of nitrogens with zero attached hydrogens (tertiary/aromatic N) is 1. The zero-order valence-corrected chi connectivity index (χ0v) is 8.70. The Bertz CT molecular complexity index is 65.0. The fourth-order valence-electron chi connectivity index (χ4n) is 0.304. The van der Waals surface area contributed by atoms with E-state index in [2.05, 4.69) is 7.36 Å². The van der Waals surface area contributed by atoms with Crippen LogP contribution in [0, 0.1) is 40.6 Å². The van der Waals surface area contributed by atoms with Crippen molar-refractivity contribution in [3.05, 3.63) is 7.32 Å². The van der Waals surface area contributed by atoms with Crippen LogP contribution in [-0.4, -0.2) is 1.26 Å². The van der Waals surface area contributed by atoms with Gasteiger partial charge in [0.1, 0.15) is 0 Å². The first-order valence-corrected chi connectivity index (χ1v) is 8.38. The molecule has 0 unspecified atom stereocenters. The van der Waals surface area contributed by atoms with Crippen LogP contribution in [0.3, 0.4) is 0 Å². The second-order valence-electron chi connectivity index (χ2n) is 0.952. The summed E-state index contributed by atoms with van der Waals surface area (Å²) in [6.45, 7) is 0. The maximum absolute atomic E-state index is 3.88. The first-order chi connectivity index (χ1) is 2.50. The van der Waals surface area contributed by atoms with E-state index in [9.17, 15) is 0 Å². The van der Waals surface area contributed by atoms with Gasteiger partial charge in [-0.25, -0.2) is 0 Å². The van der Waals surface area contributed by atoms with Crippen LogP contribution in [0.1, 0.15) is 0 Å². The SMILES string of the molecule is C1=[CH][Ra][CH]=N1. The fourth-order valence-corrected chi connectivity index (χ4v) is 2.81. The van der Waals surface area contributed by atoms with E-state index in [-0.39, 0.29) is 0 Å². The summed E-state index contributed by atoms with van der Waals surface area (Å²) in [6, 6.07) is 0. The van der Waals surface area contributed by atoms with E-state index >= 15 is 0 Å². The predicted molar refractivity (Wildman–Crippen MR) is 17.6 cm³/mol. The average molecular weight is 279 g/mol. The Morgan fingerprint density at radius 2 is 2.60 bits per heavy atom. The topological polar surface area (TPSA) is 12.4 Å². The molecule has 1 aliphatic heterocycles. The van der Waals surface area contributed by atoms with Crippen LogP contribution in [0.5, 0.6) is 0 Å². The van der Waals surface area contributed by atoms with Crippen molar-refractivity contribution >= 4 is 1.26 Å². The van der Waals surface area contributed by atoms with Crippen LogP contribution in [0.4, 0.5) is 0 Å². The van der Waals surface area contributed by atoms with Crippen molar-refractivity contribution in [2.24, 2.45) is 4.99 Å². The first-order valence-electron chi connectivity index (χ1n) is 1.67. The van der Waals surface area contributed by atoms with Crippen molar-refractivity contribution in [2.75, 3.05) is 0 Å². The van der Waals surface area contributed by atoms with Crippen LogP contribution >= 0.6 is 0 Å². The molecule has 0 aromatic heterocycles. The molecular formula is C3H3NRa. The quantitative estimate of drug-likeness (QED) is 0.615. The van der Waals surface area contributed by atoms with Crippen LogP contribution < -0.4 is 0 Å². The molecule has 0 spiro atoms. The molecule has 1 nitrogen and oxygen atoms in total. The average Bonchev–Trinajstić information content (AvgIpc) is 1.76. The number of hydrogen-bond acceptors (Lipinski definition) is 1. The van der Waals surface area contributed by atoms with E-state index < -0.39 is 40.6 Å². The van der Waals surface area contributed by atoms with E-state index in [1.165, 1.54) is 0 Å². The second kappa shape index (κ2) is 2.12. The van der Waals surface area contributed by atoms with Gasteiger partial charge < -0.3 is 0 Å². The van der Waals surface area contributed by atoms with E-state index in [1.807, 2.05) is 6.20 Å². The molecule has 0 saturated carbocycles. The molecule has 1 rings (SSSR count). The predicted octanol–water partition coefficient (Wildman–Crippen LogP) is 0.585. The van der Waals surface area contributed by atoms with Crippen LogP contribution in [0.15, 0.2) is 12.3 Å². The molecule has 1 heterocycles. The Hall–Kier alpha value is 0.878. The Morgan fingerprint density at radius 1 is 1.60 bits per heavy atom. The Morgan fingerprint density at radius 3 is 2.80 bits per heavy atom. The van der Waals surface area contributed by atoms with Gasteiger partial charge in [-0.1, -0.05) is 0 Å². The van der Waals surface area contributed by atoms with Crippen molar-refractivity contribution < 1.29 is 40.6 Å². The van der Waals surface area contributed by atoms with Crippen LogP contribution in [0.25, 0.3) is 0 Å². The molecule has 0 aromatic carbocycles. The minimum atomic E-state index is -0.554. The molecule has 0 aliphatic carbocycles. The number of hydrogen-bond donors (Lipinski definition) is 0. The van der Waals surface area contributed by atoms with Gasteiger partial charge in [0.15, 0.2) is 0 Å². The fraction of sp³-hybridized carbons (Fsp3) is 0. The summed E-state index contributed by atoms with van der Waals surface area (Å²) in [4.78, 5) is 3.88. The summed E-state index contributed by atoms with van der Waals surface area (Å²) in [5, 5.41) is 0. The molecule has 0 bridgehead atoms. The molecule has 2 heteroatoms. The Kier molecular flexibility index (Phi) is 1.72. The van der Waals surface area contributed by atoms with Gasteiger partial charge in [0.25, 0.3) is 0 Å². The van der Waals surface area contributed by atoms with Crippen molar-refractivity contribution in [2.45, 2.75) is 0 Å². The molecule has 5 heavy (non-hydrogen) atoms. The van der Waals surface area contributed by atoms with E-state index in [0.29, 0.717) is 0 Å². The van der Waals surface area contributed by atoms with Gasteiger partial charge in [-0.2, -0.15) is 0 Å². The Labute approximate surface area is 53.3 Å². The standard InChI is InChI=1S/C3H3N.Ra/c1-3-4-2;/h1-3H;. The third kappa shape index (κ3) is 1.17. The molecule has 22 valence electrons. The molecule has 0 N–H and O–H groups in total. The number of rotatable bonds is 0. The molecule has 0 atom stereocenters. The zero-order valence-electron chi connectivity index (χ0n) is 2.89. The van der Waals surface area contributed by atoms with Crippen molar-refractivity contribution in [1.82, 2.24) is 0 Å². The van der Waals surface area contributed by atoms with Gasteiger partial charge in [-0.05, 0) is 0 Å². The van der Waals surface area contributed by atoms with Gasteiger partial charge in [0.2, 0.25) is 0 Å². The van der Waals surface area contributed by atoms with Gasteiger partial charge >= 0.3 is 54.1 Å². The third-order valence-electron chi connectivity index (χ3n) is 0.538. The van der Waals surface area contributed by atoms with Crippen LogP contribution in [0.2, 0.25) is 0 Å². The van der Waals surface area contributed by atoms with Crippen LogP contribution in [-0.2, 0) is 0 Å². The second-order valence-corrected chi connectivity index (χ2v) is 6.33. The van der Waals surface area contributed by atoms with Crippen molar-refractivity contribution in [3.63, 3.8) is 0 Å². The molecule has 0 aromatic rings. The third-order valence-corrected chi connectivity index (χ3v) is 4.26. The molecule has 0 radical (unpaired) electrons. The summed E-state index contributed by atoms with van der Waals surface area (Å²) in [7, 11) is 0. The summed E-state index contributed by atoms with van der Waals surface area (Å²) in [5.74, 6) is 0. The normalized spacial score (nSPS) is 14.4. The van der Waals surface area contributed by atoms with Gasteiger partial charge in [0.05, 0.1) is 0 Å². The van der Waals surface area contributed by atoms with E-state index in [0.717, 1.165) is 0 Å². The maximum atomic E-state index is 3.88. The zero-order chi connectivity index (χ0) is 3.54. The summed E-state index contributed by atoms with van der Waals surface area (Å²) in [6.07, 6.45) is 1.91. The van der Waals surface area contributed by atoms with Gasteiger partial charge in [-0.15, -0.1) is 0 Å². The monoisotopic (exact) mass is 279 g/mol. The van der Waals surface area contributed by atoms with Crippen molar-refractivity contribution in [3.8, 4) is 0 Å². The molecule has 0 saturated heterocycles. The molecular weight excluding hydrogens is 276 g/mol. The summed E-state index contributed by atoms with van der Waals surface area (Å²) in [5.41, 5.74) is 0. The molecule has 0 fully saturated rings. The Balaban J connectivity index is 2.61. The minimum absolute atomic E-state index is 0.554. The van der Waals surface area contributed by atoms with Gasteiger partial charge in [0, 0.05) is 0 Å². The molecule has 1 aliphatic rings. The first kappa shape index (κ1) is 4.05. The number of aliphatic imine (C=N–C) groups is 1. The summed E-state index contributed by atoms with van der Waals surface area (Å²) >= 11 is -0.554. The molecule has 0 amide bonds. The van der Waals surface area contributed by atoms with E-state index in [1.54, 1.807) is 0 Å². The van der Waals surface area contributed by atoms with Gasteiger partial charge in [-0.3, -0.25) is 0 Å². The van der Waals surface area contributed by atoms with E-state index in [4.69, 9.17) is 0 Å². The van der Waals surface area contributed by atoms with Crippen molar-refractivity contribution in [1.29, 1.82) is 0 Å².